The third-order valence-electron chi connectivity index (χ3n) is 3.82. The van der Waals surface area contributed by atoms with Gasteiger partial charge < -0.3 is 15.3 Å². The van der Waals surface area contributed by atoms with Crippen molar-refractivity contribution in [3.8, 4) is 0 Å². The monoisotopic (exact) mass is 262 g/mol. The van der Waals surface area contributed by atoms with E-state index in [1.165, 1.54) is 5.56 Å². The molecule has 1 aromatic rings. The lowest BCUT2D eigenvalue weighted by atomic mass is 9.87. The molecule has 0 bridgehead atoms. The zero-order chi connectivity index (χ0) is 13.8. The van der Waals surface area contributed by atoms with Crippen molar-refractivity contribution in [2.24, 2.45) is 5.92 Å². The van der Waals surface area contributed by atoms with E-state index in [9.17, 15) is 4.79 Å². The summed E-state index contributed by atoms with van der Waals surface area (Å²) in [6, 6.07) is 8.25. The highest BCUT2D eigenvalue weighted by Gasteiger charge is 2.32. The molecule has 0 spiro atoms. The number of fused-ring (bicyclic) bond motifs is 1. The average molecular weight is 262 g/mol. The minimum atomic E-state index is -0.0543. The third-order valence-corrected chi connectivity index (χ3v) is 3.82. The Hall–Kier alpha value is -1.55. The van der Waals surface area contributed by atoms with Crippen LogP contribution in [0.15, 0.2) is 24.3 Å². The van der Waals surface area contributed by atoms with Gasteiger partial charge in [0.25, 0.3) is 0 Å². The van der Waals surface area contributed by atoms with Gasteiger partial charge in [0, 0.05) is 24.8 Å². The number of hydrogen-bond acceptors (Lipinski definition) is 3. The van der Waals surface area contributed by atoms with E-state index in [4.69, 9.17) is 5.11 Å². The van der Waals surface area contributed by atoms with Crippen LogP contribution in [0.1, 0.15) is 19.4 Å². The van der Waals surface area contributed by atoms with Crippen molar-refractivity contribution in [2.75, 3.05) is 25.0 Å². The maximum atomic E-state index is 12.5. The Morgan fingerprint density at radius 1 is 1.47 bits per heavy atom. The summed E-state index contributed by atoms with van der Waals surface area (Å²) in [4.78, 5) is 14.2. The molecule has 2 unspecified atom stereocenters. The molecule has 0 fully saturated rings. The maximum Gasteiger partial charge on any atom is 0.228 e. The summed E-state index contributed by atoms with van der Waals surface area (Å²) in [6.45, 7) is 5.07. The number of aliphatic hydroxyl groups excluding tert-OH is 1. The van der Waals surface area contributed by atoms with Crippen molar-refractivity contribution in [1.82, 2.24) is 4.90 Å². The highest BCUT2D eigenvalue weighted by Crippen LogP contribution is 2.29. The second kappa shape index (κ2) is 6.06. The van der Waals surface area contributed by atoms with Crippen molar-refractivity contribution < 1.29 is 9.90 Å². The van der Waals surface area contributed by atoms with Crippen LogP contribution < -0.4 is 5.32 Å². The first kappa shape index (κ1) is 13.9. The van der Waals surface area contributed by atoms with Gasteiger partial charge in [-0.1, -0.05) is 18.2 Å². The largest absolute Gasteiger partial charge is 0.395 e. The van der Waals surface area contributed by atoms with Gasteiger partial charge in [-0.25, -0.2) is 0 Å². The number of carbonyl (C=O) groups excluding carboxylic acids is 1. The number of carbonyl (C=O) groups is 1. The lowest BCUT2D eigenvalue weighted by Gasteiger charge is -2.34. The van der Waals surface area contributed by atoms with Gasteiger partial charge in [0.15, 0.2) is 0 Å². The number of nitrogens with zero attached hydrogens (tertiary/aromatic N) is 1. The van der Waals surface area contributed by atoms with Crippen LogP contribution in [0.25, 0.3) is 0 Å². The fourth-order valence-corrected chi connectivity index (χ4v) is 2.68. The molecular weight excluding hydrogens is 240 g/mol. The molecule has 19 heavy (non-hydrogen) atoms. The molecule has 4 heteroatoms. The van der Waals surface area contributed by atoms with Crippen molar-refractivity contribution in [2.45, 2.75) is 26.3 Å². The molecule has 2 N–H and O–H groups in total. The molecule has 104 valence electrons. The van der Waals surface area contributed by atoms with Gasteiger partial charge >= 0.3 is 0 Å². The van der Waals surface area contributed by atoms with E-state index in [2.05, 4.69) is 17.4 Å². The number of anilines is 1. The van der Waals surface area contributed by atoms with Gasteiger partial charge in [-0.3, -0.25) is 4.79 Å². The molecule has 2 atom stereocenters. The van der Waals surface area contributed by atoms with Crippen molar-refractivity contribution in [1.29, 1.82) is 0 Å². The molecule has 1 amide bonds. The van der Waals surface area contributed by atoms with Gasteiger partial charge in [-0.15, -0.1) is 0 Å². The predicted octanol–water partition coefficient (Wildman–Crippen LogP) is 1.50. The van der Waals surface area contributed by atoms with E-state index in [-0.39, 0.29) is 24.5 Å². The van der Waals surface area contributed by atoms with Crippen LogP contribution in [0.3, 0.4) is 0 Å². The quantitative estimate of drug-likeness (QED) is 0.864. The first-order valence-corrected chi connectivity index (χ1v) is 6.91. The van der Waals surface area contributed by atoms with Crippen LogP contribution in [0.4, 0.5) is 5.69 Å². The van der Waals surface area contributed by atoms with Gasteiger partial charge in [0.05, 0.1) is 12.5 Å². The summed E-state index contributed by atoms with van der Waals surface area (Å²) < 4.78 is 0. The van der Waals surface area contributed by atoms with E-state index in [1.807, 2.05) is 26.0 Å². The van der Waals surface area contributed by atoms with E-state index in [0.717, 1.165) is 12.1 Å². The number of amides is 1. The maximum absolute atomic E-state index is 12.5. The number of para-hydroxylation sites is 1. The molecule has 1 aromatic carbocycles. The van der Waals surface area contributed by atoms with Gasteiger partial charge in [-0.05, 0) is 31.9 Å². The van der Waals surface area contributed by atoms with Gasteiger partial charge in [-0.2, -0.15) is 0 Å². The normalized spacial score (nSPS) is 21.4. The molecular formula is C15H22N2O2. The van der Waals surface area contributed by atoms with Crippen LogP contribution in [0.2, 0.25) is 0 Å². The van der Waals surface area contributed by atoms with Crippen LogP contribution >= 0.6 is 0 Å². The number of hydrogen-bond donors (Lipinski definition) is 2. The summed E-state index contributed by atoms with van der Waals surface area (Å²) in [5.41, 5.74) is 2.32. The molecule has 1 heterocycles. The molecule has 4 nitrogen and oxygen atoms in total. The summed E-state index contributed by atoms with van der Waals surface area (Å²) >= 11 is 0. The molecule has 0 radical (unpaired) electrons. The summed E-state index contributed by atoms with van der Waals surface area (Å²) in [6.07, 6.45) is 0.769. The molecule has 0 saturated heterocycles. The Labute approximate surface area is 114 Å². The number of benzene rings is 1. The summed E-state index contributed by atoms with van der Waals surface area (Å²) in [7, 11) is 0. The summed E-state index contributed by atoms with van der Waals surface area (Å²) in [5, 5.41) is 12.4. The topological polar surface area (TPSA) is 52.6 Å². The number of rotatable bonds is 4. The second-order valence-electron chi connectivity index (χ2n) is 5.04. The number of nitrogens with one attached hydrogen (secondary N) is 1. The lowest BCUT2D eigenvalue weighted by molar-refractivity contribution is -0.136. The number of likely N-dealkylation sites (N-methyl/N-ethyl adjacent to an activating group) is 1. The Bertz CT molecular complexity index is 448. The zero-order valence-electron chi connectivity index (χ0n) is 11.6. The molecule has 0 saturated carbocycles. The molecule has 0 aliphatic carbocycles. The van der Waals surface area contributed by atoms with Crippen LogP contribution in [-0.2, 0) is 11.2 Å². The number of aliphatic hydroxyl groups is 1. The minimum absolute atomic E-state index is 0.0185. The lowest BCUT2D eigenvalue weighted by Crippen LogP contribution is -2.46. The highest BCUT2D eigenvalue weighted by atomic mass is 16.3. The first-order chi connectivity index (χ1) is 9.17. The smallest absolute Gasteiger partial charge is 0.228 e. The zero-order valence-corrected chi connectivity index (χ0v) is 11.6. The standard InChI is InChI=1S/C15H22N2O2/c1-3-17(8-9-18)15(19)13-10-12-6-4-5-7-14(12)16-11(13)2/h4-7,11,13,16,18H,3,8-10H2,1-2H3. The van der Waals surface area contributed by atoms with E-state index in [1.54, 1.807) is 4.90 Å². The third kappa shape index (κ3) is 2.89. The fourth-order valence-electron chi connectivity index (χ4n) is 2.68. The molecule has 1 aliphatic rings. The first-order valence-electron chi connectivity index (χ1n) is 6.91. The summed E-state index contributed by atoms with van der Waals surface area (Å²) in [5.74, 6) is 0.0763. The van der Waals surface area contributed by atoms with Crippen LogP contribution in [0.5, 0.6) is 0 Å². The Balaban J connectivity index is 2.15. The Morgan fingerprint density at radius 3 is 2.89 bits per heavy atom. The predicted molar refractivity (Wildman–Crippen MR) is 76.1 cm³/mol. The second-order valence-corrected chi connectivity index (χ2v) is 5.04. The molecule has 0 aromatic heterocycles. The fraction of sp³-hybridized carbons (Fsp3) is 0.533. The van der Waals surface area contributed by atoms with Gasteiger partial charge in [0.2, 0.25) is 5.91 Å². The van der Waals surface area contributed by atoms with Gasteiger partial charge in [0.1, 0.15) is 0 Å². The van der Waals surface area contributed by atoms with E-state index < -0.39 is 0 Å². The van der Waals surface area contributed by atoms with Crippen molar-refractivity contribution in [3.05, 3.63) is 29.8 Å². The Morgan fingerprint density at radius 2 is 2.21 bits per heavy atom. The SMILES string of the molecule is CCN(CCO)C(=O)C1Cc2ccccc2NC1C. The van der Waals surface area contributed by atoms with E-state index in [0.29, 0.717) is 13.1 Å². The molecule has 1 aliphatic heterocycles. The van der Waals surface area contributed by atoms with Crippen molar-refractivity contribution in [3.63, 3.8) is 0 Å². The van der Waals surface area contributed by atoms with E-state index >= 15 is 0 Å². The van der Waals surface area contributed by atoms with Crippen LogP contribution in [-0.4, -0.2) is 41.7 Å². The average Bonchev–Trinajstić information content (AvgIpc) is 2.43. The highest BCUT2D eigenvalue weighted by molar-refractivity contribution is 5.81. The van der Waals surface area contributed by atoms with Crippen LogP contribution in [0, 0.1) is 5.92 Å². The molecule has 2 rings (SSSR count). The van der Waals surface area contributed by atoms with Crippen molar-refractivity contribution >= 4 is 11.6 Å². The minimum Gasteiger partial charge on any atom is -0.395 e. The Kier molecular flexibility index (Phi) is 4.43.